The number of carbonyl (C=O) groups excluding carboxylic acids is 2. The van der Waals surface area contributed by atoms with Gasteiger partial charge in [-0.3, -0.25) is 0 Å². The van der Waals surface area contributed by atoms with Crippen molar-refractivity contribution in [2.24, 2.45) is 0 Å². The molecule has 2 aromatic carbocycles. The van der Waals surface area contributed by atoms with Crippen molar-refractivity contribution in [1.29, 1.82) is 0 Å². The van der Waals surface area contributed by atoms with Crippen LogP contribution in [0.5, 0.6) is 23.0 Å². The van der Waals surface area contributed by atoms with E-state index >= 15 is 0 Å². The summed E-state index contributed by atoms with van der Waals surface area (Å²) in [5.41, 5.74) is -1.08. The Bertz CT molecular complexity index is 1850. The van der Waals surface area contributed by atoms with Gasteiger partial charge in [-0.2, -0.15) is 0 Å². The van der Waals surface area contributed by atoms with Gasteiger partial charge in [0.15, 0.2) is 28.8 Å². The van der Waals surface area contributed by atoms with Gasteiger partial charge >= 0.3 is 41.5 Å². The summed E-state index contributed by atoms with van der Waals surface area (Å²) in [6.45, 7) is 11.5. The normalized spacial score (nSPS) is 12.0. The molecule has 0 aliphatic carbocycles. The van der Waals surface area contributed by atoms with Gasteiger partial charge in [-0.25, -0.2) is 18.0 Å². The fourth-order valence-electron chi connectivity index (χ4n) is 4.37. The molecule has 13 nitrogen and oxygen atoms in total. The Kier molecular flexibility index (Phi) is 10.5. The van der Waals surface area contributed by atoms with Crippen LogP contribution in [0.15, 0.2) is 33.1 Å². The summed E-state index contributed by atoms with van der Waals surface area (Å²) in [7, 11) is -2.52. The van der Waals surface area contributed by atoms with Gasteiger partial charge in [0, 0.05) is 22.9 Å². The van der Waals surface area contributed by atoms with E-state index in [-0.39, 0.29) is 81.3 Å². The van der Waals surface area contributed by atoms with Gasteiger partial charge in [-0.15, -0.1) is 0 Å². The fourth-order valence-corrected chi connectivity index (χ4v) is 4.72. The number of rotatable bonds is 9. The number of hydrogen-bond donors (Lipinski definition) is 0. The van der Waals surface area contributed by atoms with Crippen LogP contribution in [0, 0.1) is 6.92 Å². The molecular formula is C30H33NaO13S. The Hall–Kier alpha value is -3.43. The van der Waals surface area contributed by atoms with Gasteiger partial charge in [0.05, 0.1) is 14.2 Å². The van der Waals surface area contributed by atoms with E-state index in [1.54, 1.807) is 60.6 Å². The van der Waals surface area contributed by atoms with E-state index in [0.717, 1.165) is 6.07 Å². The summed E-state index contributed by atoms with van der Waals surface area (Å²) in [6.07, 6.45) is 0. The minimum absolute atomic E-state index is 0. The Morgan fingerprint density at radius 1 is 0.756 bits per heavy atom. The molecule has 0 spiro atoms. The van der Waals surface area contributed by atoms with Gasteiger partial charge < -0.3 is 41.3 Å². The van der Waals surface area contributed by atoms with Crippen LogP contribution < -0.4 is 48.0 Å². The van der Waals surface area contributed by atoms with Gasteiger partial charge in [0.1, 0.15) is 45.9 Å². The SMILES string of the molecule is COc1cc2oc(C)c(C(=O)OC(C)(C)C)c2cc1OCc1oc2cc(OC)c(OS(=O)(=O)[O-])cc2c1C(=O)OC(C)(C)C.[Na+]. The van der Waals surface area contributed by atoms with Crippen molar-refractivity contribution in [2.75, 3.05) is 14.2 Å². The molecule has 0 aliphatic heterocycles. The van der Waals surface area contributed by atoms with Crippen molar-refractivity contribution in [3.63, 3.8) is 0 Å². The third-order valence-electron chi connectivity index (χ3n) is 5.95. The van der Waals surface area contributed by atoms with Crippen molar-refractivity contribution >= 4 is 44.3 Å². The smallest absolute Gasteiger partial charge is 0.716 e. The molecule has 2 heterocycles. The minimum Gasteiger partial charge on any atom is -0.716 e. The average Bonchev–Trinajstić information content (AvgIpc) is 3.38. The van der Waals surface area contributed by atoms with Crippen LogP contribution in [-0.4, -0.2) is 50.3 Å². The second-order valence-electron chi connectivity index (χ2n) is 11.7. The zero-order valence-electron chi connectivity index (χ0n) is 26.7. The largest absolute Gasteiger partial charge is 1.00 e. The van der Waals surface area contributed by atoms with E-state index in [2.05, 4.69) is 4.18 Å². The summed E-state index contributed by atoms with van der Waals surface area (Å²) in [4.78, 5) is 26.4. The van der Waals surface area contributed by atoms with Gasteiger partial charge in [0.25, 0.3) is 10.4 Å². The molecule has 4 aromatic rings. The van der Waals surface area contributed by atoms with Crippen LogP contribution in [-0.2, 0) is 26.5 Å². The molecule has 15 heteroatoms. The molecule has 0 saturated heterocycles. The number of benzene rings is 2. The molecule has 45 heavy (non-hydrogen) atoms. The molecular weight excluding hydrogens is 623 g/mol. The summed E-state index contributed by atoms with van der Waals surface area (Å²) >= 11 is 0. The third kappa shape index (κ3) is 8.44. The number of aryl methyl sites for hydroxylation is 1. The molecule has 0 unspecified atom stereocenters. The van der Waals surface area contributed by atoms with Crippen LogP contribution in [0.1, 0.15) is 73.8 Å². The molecule has 0 bridgehead atoms. The van der Waals surface area contributed by atoms with Gasteiger partial charge in [-0.05, 0) is 60.6 Å². The Morgan fingerprint density at radius 2 is 1.22 bits per heavy atom. The number of fused-ring (bicyclic) bond motifs is 2. The molecule has 2 aromatic heterocycles. The molecule has 0 atom stereocenters. The molecule has 0 saturated carbocycles. The molecule has 0 N–H and O–H groups in total. The van der Waals surface area contributed by atoms with Gasteiger partial charge in [0.2, 0.25) is 0 Å². The summed E-state index contributed by atoms with van der Waals surface area (Å²) in [5, 5.41) is 0.493. The zero-order valence-corrected chi connectivity index (χ0v) is 29.5. The monoisotopic (exact) mass is 656 g/mol. The van der Waals surface area contributed by atoms with Crippen molar-refractivity contribution < 1.29 is 88.8 Å². The molecule has 0 amide bonds. The number of ether oxygens (including phenoxy) is 5. The van der Waals surface area contributed by atoms with Crippen LogP contribution in [0.2, 0.25) is 0 Å². The van der Waals surface area contributed by atoms with E-state index in [4.69, 9.17) is 32.5 Å². The first kappa shape index (κ1) is 36.0. The van der Waals surface area contributed by atoms with E-state index in [1.165, 1.54) is 20.3 Å². The van der Waals surface area contributed by atoms with Crippen molar-refractivity contribution in [3.8, 4) is 23.0 Å². The van der Waals surface area contributed by atoms with E-state index < -0.39 is 39.3 Å². The summed E-state index contributed by atoms with van der Waals surface area (Å²) in [6, 6.07) is 5.50. The molecule has 0 radical (unpaired) electrons. The Balaban J connectivity index is 0.00000552. The second kappa shape index (κ2) is 13.1. The maximum absolute atomic E-state index is 13.4. The molecule has 238 valence electrons. The minimum atomic E-state index is -5.18. The Morgan fingerprint density at radius 3 is 1.73 bits per heavy atom. The molecule has 0 fully saturated rings. The first-order chi connectivity index (χ1) is 20.3. The maximum Gasteiger partial charge on any atom is 1.00 e. The van der Waals surface area contributed by atoms with Gasteiger partial charge in [-0.1, -0.05) is 0 Å². The number of esters is 2. The first-order valence-electron chi connectivity index (χ1n) is 13.3. The van der Waals surface area contributed by atoms with Crippen LogP contribution in [0.25, 0.3) is 21.9 Å². The van der Waals surface area contributed by atoms with Crippen molar-refractivity contribution in [3.05, 3.63) is 46.9 Å². The molecule has 0 aliphatic rings. The number of methoxy groups -OCH3 is 2. The quantitative estimate of drug-likeness (QED) is 0.111. The standard InChI is InChI=1S/C30H34O13S.Na/c1-15-25(27(31)41-29(2,3)4)16-10-22(20(36-8)12-18(16)39-15)38-14-24-26(28(32)42-30(5,6)7)17-11-23(43-44(33,34)35)21(37-9)13-19(17)40-24;/h10-13H,14H2,1-9H3,(H,33,34,35);/q;+1/p-1. The molecule has 4 rings (SSSR count). The first-order valence-corrected chi connectivity index (χ1v) is 14.6. The Labute approximate surface area is 282 Å². The topological polar surface area (TPSA) is 173 Å². The number of hydrogen-bond acceptors (Lipinski definition) is 13. The number of furan rings is 2. The van der Waals surface area contributed by atoms with Crippen molar-refractivity contribution in [1.82, 2.24) is 0 Å². The van der Waals surface area contributed by atoms with Crippen LogP contribution in [0.3, 0.4) is 0 Å². The third-order valence-corrected chi connectivity index (χ3v) is 6.34. The average molecular weight is 657 g/mol. The number of carbonyl (C=O) groups is 2. The fraction of sp³-hybridized carbons (Fsp3) is 0.400. The van der Waals surface area contributed by atoms with Crippen LogP contribution in [0.4, 0.5) is 0 Å². The predicted molar refractivity (Wildman–Crippen MR) is 155 cm³/mol. The zero-order chi connectivity index (χ0) is 32.8. The maximum atomic E-state index is 13.4. The van der Waals surface area contributed by atoms with Crippen LogP contribution >= 0.6 is 0 Å². The predicted octanol–water partition coefficient (Wildman–Crippen LogP) is 2.84. The second-order valence-corrected chi connectivity index (χ2v) is 12.7. The summed E-state index contributed by atoms with van der Waals surface area (Å²) in [5.74, 6) is -1.20. The van der Waals surface area contributed by atoms with E-state index in [9.17, 15) is 22.6 Å². The summed E-state index contributed by atoms with van der Waals surface area (Å²) < 4.78 is 78.2. The van der Waals surface area contributed by atoms with Crippen molar-refractivity contribution in [2.45, 2.75) is 66.3 Å². The van der Waals surface area contributed by atoms with E-state index in [0.29, 0.717) is 16.7 Å². The van der Waals surface area contributed by atoms with E-state index in [1.807, 2.05) is 0 Å².